The lowest BCUT2D eigenvalue weighted by Crippen LogP contribution is -2.29. The Hall–Kier alpha value is -3.15. The van der Waals surface area contributed by atoms with Crippen molar-refractivity contribution in [2.24, 2.45) is 5.92 Å². The van der Waals surface area contributed by atoms with Gasteiger partial charge in [-0.3, -0.25) is 14.4 Å². The SMILES string of the molecule is CNC(=O)c1ccccc1NC(=O)C1CC(=O)N(c2ccc(C)c(C)c2)C1. The highest BCUT2D eigenvalue weighted by Gasteiger charge is 2.35. The van der Waals surface area contributed by atoms with E-state index in [9.17, 15) is 14.4 Å². The Bertz CT molecular complexity index is 907. The monoisotopic (exact) mass is 365 g/mol. The Kier molecular flexibility index (Phi) is 5.26. The minimum absolute atomic E-state index is 0.0713. The first-order chi connectivity index (χ1) is 12.9. The smallest absolute Gasteiger partial charge is 0.253 e. The van der Waals surface area contributed by atoms with Crippen LogP contribution in [0.1, 0.15) is 27.9 Å². The molecule has 1 saturated heterocycles. The molecule has 0 saturated carbocycles. The van der Waals surface area contributed by atoms with E-state index in [1.807, 2.05) is 32.0 Å². The van der Waals surface area contributed by atoms with Crippen molar-refractivity contribution < 1.29 is 14.4 Å². The molecule has 0 spiro atoms. The Morgan fingerprint density at radius 3 is 2.52 bits per heavy atom. The number of carbonyl (C=O) groups excluding carboxylic acids is 3. The van der Waals surface area contributed by atoms with Gasteiger partial charge in [0.15, 0.2) is 0 Å². The lowest BCUT2D eigenvalue weighted by atomic mass is 10.1. The molecule has 3 rings (SSSR count). The van der Waals surface area contributed by atoms with Gasteiger partial charge in [-0.25, -0.2) is 0 Å². The van der Waals surface area contributed by atoms with Gasteiger partial charge in [0.25, 0.3) is 5.91 Å². The lowest BCUT2D eigenvalue weighted by molar-refractivity contribution is -0.122. The molecule has 6 nitrogen and oxygen atoms in total. The van der Waals surface area contributed by atoms with Crippen molar-refractivity contribution in [3.8, 4) is 0 Å². The fourth-order valence-corrected chi connectivity index (χ4v) is 3.19. The van der Waals surface area contributed by atoms with Crippen LogP contribution in [0.2, 0.25) is 0 Å². The second kappa shape index (κ2) is 7.61. The Labute approximate surface area is 158 Å². The number of amides is 3. The van der Waals surface area contributed by atoms with Crippen molar-refractivity contribution in [1.82, 2.24) is 5.32 Å². The molecule has 2 N–H and O–H groups in total. The van der Waals surface area contributed by atoms with Gasteiger partial charge in [-0.15, -0.1) is 0 Å². The number of carbonyl (C=O) groups is 3. The minimum Gasteiger partial charge on any atom is -0.355 e. The van der Waals surface area contributed by atoms with E-state index in [1.165, 1.54) is 7.05 Å². The van der Waals surface area contributed by atoms with Gasteiger partial charge >= 0.3 is 0 Å². The molecule has 6 heteroatoms. The van der Waals surface area contributed by atoms with E-state index < -0.39 is 5.92 Å². The van der Waals surface area contributed by atoms with Crippen LogP contribution >= 0.6 is 0 Å². The zero-order valence-electron chi connectivity index (χ0n) is 15.7. The summed E-state index contributed by atoms with van der Waals surface area (Å²) in [7, 11) is 1.54. The fraction of sp³-hybridized carbons (Fsp3) is 0.286. The third-order valence-electron chi connectivity index (χ3n) is 4.95. The van der Waals surface area contributed by atoms with Gasteiger partial charge in [-0.05, 0) is 49.2 Å². The van der Waals surface area contributed by atoms with Crippen molar-refractivity contribution in [2.75, 3.05) is 23.8 Å². The minimum atomic E-state index is -0.461. The summed E-state index contributed by atoms with van der Waals surface area (Å²) in [5.41, 5.74) is 3.91. The van der Waals surface area contributed by atoms with Crippen LogP contribution in [0.25, 0.3) is 0 Å². The highest BCUT2D eigenvalue weighted by molar-refractivity contribution is 6.07. The summed E-state index contributed by atoms with van der Waals surface area (Å²) in [6.45, 7) is 4.35. The first kappa shape index (κ1) is 18.6. The standard InChI is InChI=1S/C21H23N3O3/c1-13-8-9-16(10-14(13)2)24-12-15(11-19(24)25)20(26)23-18-7-5-4-6-17(18)21(27)22-3/h4-10,15H,11-12H2,1-3H3,(H,22,27)(H,23,26). The number of hydrogen-bond donors (Lipinski definition) is 2. The zero-order valence-corrected chi connectivity index (χ0v) is 15.7. The van der Waals surface area contributed by atoms with Gasteiger partial charge in [-0.2, -0.15) is 0 Å². The molecule has 3 amide bonds. The summed E-state index contributed by atoms with van der Waals surface area (Å²) >= 11 is 0. The summed E-state index contributed by atoms with van der Waals surface area (Å²) in [5.74, 6) is -1.06. The van der Waals surface area contributed by atoms with Crippen molar-refractivity contribution >= 4 is 29.1 Å². The second-order valence-electron chi connectivity index (χ2n) is 6.79. The molecule has 140 valence electrons. The van der Waals surface area contributed by atoms with Crippen molar-refractivity contribution in [3.05, 3.63) is 59.2 Å². The predicted octanol–water partition coefficient (Wildman–Crippen LogP) is 2.65. The quantitative estimate of drug-likeness (QED) is 0.874. The van der Waals surface area contributed by atoms with E-state index in [2.05, 4.69) is 10.6 Å². The van der Waals surface area contributed by atoms with E-state index in [-0.39, 0.29) is 24.1 Å². The van der Waals surface area contributed by atoms with Crippen LogP contribution in [0, 0.1) is 19.8 Å². The molecule has 2 aromatic carbocycles. The molecular weight excluding hydrogens is 342 g/mol. The normalized spacial score (nSPS) is 16.3. The van der Waals surface area contributed by atoms with Crippen LogP contribution < -0.4 is 15.5 Å². The maximum absolute atomic E-state index is 12.7. The number of aryl methyl sites for hydroxylation is 2. The first-order valence-corrected chi connectivity index (χ1v) is 8.90. The molecule has 0 radical (unpaired) electrons. The third kappa shape index (κ3) is 3.84. The Balaban J connectivity index is 1.75. The molecule has 1 atom stereocenters. The lowest BCUT2D eigenvalue weighted by Gasteiger charge is -2.18. The van der Waals surface area contributed by atoms with Crippen LogP contribution in [0.3, 0.4) is 0 Å². The number of anilines is 2. The average molecular weight is 365 g/mol. The highest BCUT2D eigenvalue weighted by atomic mass is 16.2. The molecular formula is C21H23N3O3. The van der Waals surface area contributed by atoms with Gasteiger partial charge < -0.3 is 15.5 Å². The van der Waals surface area contributed by atoms with Crippen molar-refractivity contribution in [2.45, 2.75) is 20.3 Å². The fourth-order valence-electron chi connectivity index (χ4n) is 3.19. The zero-order chi connectivity index (χ0) is 19.6. The van der Waals surface area contributed by atoms with Gasteiger partial charge in [0, 0.05) is 25.7 Å². The largest absolute Gasteiger partial charge is 0.355 e. The maximum Gasteiger partial charge on any atom is 0.253 e. The first-order valence-electron chi connectivity index (χ1n) is 8.90. The van der Waals surface area contributed by atoms with Crippen LogP contribution in [-0.2, 0) is 9.59 Å². The van der Waals surface area contributed by atoms with Gasteiger partial charge in [0.1, 0.15) is 0 Å². The Morgan fingerprint density at radius 1 is 1.07 bits per heavy atom. The number of nitrogens with one attached hydrogen (secondary N) is 2. The van der Waals surface area contributed by atoms with Gasteiger partial charge in [0.2, 0.25) is 11.8 Å². The summed E-state index contributed by atoms with van der Waals surface area (Å²) in [4.78, 5) is 38.8. The highest BCUT2D eigenvalue weighted by Crippen LogP contribution is 2.28. The summed E-state index contributed by atoms with van der Waals surface area (Å²) in [6, 6.07) is 12.7. The summed E-state index contributed by atoms with van der Waals surface area (Å²) < 4.78 is 0. The molecule has 0 bridgehead atoms. The molecule has 1 heterocycles. The topological polar surface area (TPSA) is 78.5 Å². The number of hydrogen-bond acceptors (Lipinski definition) is 3. The summed E-state index contributed by atoms with van der Waals surface area (Å²) in [6.07, 6.45) is 0.154. The molecule has 1 aliphatic heterocycles. The molecule has 1 unspecified atom stereocenters. The van der Waals surface area contributed by atoms with E-state index in [4.69, 9.17) is 0 Å². The molecule has 1 aliphatic rings. The Morgan fingerprint density at radius 2 is 1.81 bits per heavy atom. The van der Waals surface area contributed by atoms with Crippen molar-refractivity contribution in [1.29, 1.82) is 0 Å². The van der Waals surface area contributed by atoms with Crippen LogP contribution in [0.5, 0.6) is 0 Å². The van der Waals surface area contributed by atoms with Gasteiger partial charge in [0.05, 0.1) is 17.2 Å². The van der Waals surface area contributed by atoms with E-state index in [0.29, 0.717) is 17.8 Å². The summed E-state index contributed by atoms with van der Waals surface area (Å²) in [5, 5.41) is 5.36. The molecule has 2 aromatic rings. The molecule has 27 heavy (non-hydrogen) atoms. The van der Waals surface area contributed by atoms with E-state index >= 15 is 0 Å². The van der Waals surface area contributed by atoms with Crippen LogP contribution in [-0.4, -0.2) is 31.3 Å². The molecule has 0 aliphatic carbocycles. The number of benzene rings is 2. The van der Waals surface area contributed by atoms with E-state index in [0.717, 1.165) is 16.8 Å². The maximum atomic E-state index is 12.7. The third-order valence-corrected chi connectivity index (χ3v) is 4.95. The van der Waals surface area contributed by atoms with E-state index in [1.54, 1.807) is 29.2 Å². The van der Waals surface area contributed by atoms with Gasteiger partial charge in [-0.1, -0.05) is 18.2 Å². The predicted molar refractivity (Wildman–Crippen MR) is 105 cm³/mol. The van der Waals surface area contributed by atoms with Crippen LogP contribution in [0.15, 0.2) is 42.5 Å². The second-order valence-corrected chi connectivity index (χ2v) is 6.79. The molecule has 1 fully saturated rings. The van der Waals surface area contributed by atoms with Crippen molar-refractivity contribution in [3.63, 3.8) is 0 Å². The number of para-hydroxylation sites is 1. The molecule has 0 aromatic heterocycles. The number of nitrogens with zero attached hydrogens (tertiary/aromatic N) is 1. The number of rotatable bonds is 4. The van der Waals surface area contributed by atoms with Crippen LogP contribution in [0.4, 0.5) is 11.4 Å². The average Bonchev–Trinajstić information content (AvgIpc) is 3.05.